The summed E-state index contributed by atoms with van der Waals surface area (Å²) in [6.07, 6.45) is -9.62. The van der Waals surface area contributed by atoms with E-state index in [0.717, 1.165) is 36.9 Å². The number of carbonyl (C=O) groups excluding carboxylic acids is 1. The summed E-state index contributed by atoms with van der Waals surface area (Å²) < 4.78 is 78.8. The van der Waals surface area contributed by atoms with Crippen molar-refractivity contribution in [2.75, 3.05) is 5.32 Å². The fourth-order valence-corrected chi connectivity index (χ4v) is 2.16. The normalized spacial score (nSPS) is 12.3. The third kappa shape index (κ3) is 3.52. The minimum Gasteiger partial charge on any atom is -0.311 e. The van der Waals surface area contributed by atoms with E-state index >= 15 is 0 Å². The van der Waals surface area contributed by atoms with E-state index in [1.165, 1.54) is 0 Å². The molecule has 1 amide bonds. The predicted molar refractivity (Wildman–Crippen MR) is 73.0 cm³/mol. The number of amides is 1. The van der Waals surface area contributed by atoms with Crippen molar-refractivity contribution in [3.63, 3.8) is 0 Å². The molecule has 24 heavy (non-hydrogen) atoms. The van der Waals surface area contributed by atoms with Crippen molar-refractivity contribution in [2.45, 2.75) is 19.3 Å². The summed E-state index contributed by atoms with van der Waals surface area (Å²) in [7, 11) is 1.15. The van der Waals surface area contributed by atoms with Crippen LogP contribution in [-0.4, -0.2) is 15.7 Å². The first-order valence-electron chi connectivity index (χ1n) is 6.50. The second-order valence-corrected chi connectivity index (χ2v) is 4.95. The molecule has 0 aliphatic heterocycles. The number of alkyl halides is 6. The zero-order valence-corrected chi connectivity index (χ0v) is 12.4. The third-order valence-corrected chi connectivity index (χ3v) is 3.09. The lowest BCUT2D eigenvalue weighted by Gasteiger charge is -2.12. The molecule has 2 rings (SSSR count). The highest BCUT2D eigenvalue weighted by Crippen LogP contribution is 2.42. The van der Waals surface area contributed by atoms with Gasteiger partial charge in [-0.25, -0.2) is 0 Å². The zero-order chi connectivity index (χ0) is 18.3. The van der Waals surface area contributed by atoms with Gasteiger partial charge in [0.25, 0.3) is 0 Å². The van der Waals surface area contributed by atoms with E-state index in [0.29, 0.717) is 6.07 Å². The Morgan fingerprint density at radius 2 is 1.75 bits per heavy atom. The first kappa shape index (κ1) is 17.8. The van der Waals surface area contributed by atoms with Crippen molar-refractivity contribution in [2.24, 2.45) is 7.05 Å². The van der Waals surface area contributed by atoms with Crippen LogP contribution in [0.2, 0.25) is 0 Å². The second-order valence-electron chi connectivity index (χ2n) is 4.95. The molecular weight excluding hydrogens is 340 g/mol. The lowest BCUT2D eigenvalue weighted by molar-refractivity contribution is -0.141. The third-order valence-electron chi connectivity index (χ3n) is 3.09. The molecule has 0 bridgehead atoms. The van der Waals surface area contributed by atoms with E-state index in [2.05, 4.69) is 10.4 Å². The number of aromatic nitrogens is 2. The molecule has 1 aromatic heterocycles. The van der Waals surface area contributed by atoms with E-state index in [4.69, 9.17) is 0 Å². The Bertz CT molecular complexity index is 776. The molecule has 0 aliphatic rings. The molecule has 1 aromatic carbocycles. The van der Waals surface area contributed by atoms with Crippen LogP contribution in [0.1, 0.15) is 18.2 Å². The molecular formula is C14H11F6N3O. The van der Waals surface area contributed by atoms with Gasteiger partial charge in [0, 0.05) is 14.0 Å². The lowest BCUT2D eigenvalue weighted by atomic mass is 10.0. The Morgan fingerprint density at radius 3 is 2.25 bits per heavy atom. The number of benzene rings is 1. The SMILES string of the molecule is CC(=O)Nc1c(-c2cccc(C(F)(F)F)c2)c(C(F)(F)F)nn1C. The summed E-state index contributed by atoms with van der Waals surface area (Å²) in [5.41, 5.74) is -3.46. The van der Waals surface area contributed by atoms with E-state index < -0.39 is 35.1 Å². The number of nitrogens with zero attached hydrogens (tertiary/aromatic N) is 2. The van der Waals surface area contributed by atoms with E-state index in [1.54, 1.807) is 0 Å². The minimum absolute atomic E-state index is 0.339. The van der Waals surface area contributed by atoms with Crippen molar-refractivity contribution < 1.29 is 31.1 Å². The number of hydrogen-bond acceptors (Lipinski definition) is 2. The number of anilines is 1. The van der Waals surface area contributed by atoms with Crippen LogP contribution in [0.25, 0.3) is 11.1 Å². The number of aryl methyl sites for hydroxylation is 1. The maximum absolute atomic E-state index is 13.2. The number of halogens is 6. The summed E-state index contributed by atoms with van der Waals surface area (Å²) in [4.78, 5) is 11.2. The Kier molecular flexibility index (Phi) is 4.34. The molecule has 1 heterocycles. The number of rotatable bonds is 2. The van der Waals surface area contributed by atoms with Crippen molar-refractivity contribution in [3.05, 3.63) is 35.5 Å². The molecule has 2 aromatic rings. The molecule has 0 fully saturated rings. The van der Waals surface area contributed by atoms with Crippen molar-refractivity contribution >= 4 is 11.7 Å². The van der Waals surface area contributed by atoms with Gasteiger partial charge in [-0.2, -0.15) is 31.4 Å². The molecule has 0 unspecified atom stereocenters. The fourth-order valence-electron chi connectivity index (χ4n) is 2.16. The molecule has 0 saturated heterocycles. The number of carbonyl (C=O) groups is 1. The van der Waals surface area contributed by atoms with Gasteiger partial charge in [-0.15, -0.1) is 0 Å². The number of nitrogens with one attached hydrogen (secondary N) is 1. The Morgan fingerprint density at radius 1 is 1.12 bits per heavy atom. The van der Waals surface area contributed by atoms with Gasteiger partial charge in [0.2, 0.25) is 5.91 Å². The van der Waals surface area contributed by atoms with E-state index in [-0.39, 0.29) is 11.4 Å². The average Bonchev–Trinajstić information content (AvgIpc) is 2.75. The van der Waals surface area contributed by atoms with Crippen molar-refractivity contribution in [3.8, 4) is 11.1 Å². The lowest BCUT2D eigenvalue weighted by Crippen LogP contribution is -2.11. The maximum atomic E-state index is 13.2. The summed E-state index contributed by atoms with van der Waals surface area (Å²) in [6.45, 7) is 1.07. The van der Waals surface area contributed by atoms with Crippen LogP contribution in [0, 0.1) is 0 Å². The highest BCUT2D eigenvalue weighted by atomic mass is 19.4. The molecule has 0 atom stereocenters. The van der Waals surface area contributed by atoms with Crippen LogP contribution in [-0.2, 0) is 24.2 Å². The Hall–Kier alpha value is -2.52. The van der Waals surface area contributed by atoms with Crippen LogP contribution < -0.4 is 5.32 Å². The molecule has 4 nitrogen and oxygen atoms in total. The predicted octanol–water partition coefficient (Wildman–Crippen LogP) is 4.08. The minimum atomic E-state index is -4.90. The summed E-state index contributed by atoms with van der Waals surface area (Å²) >= 11 is 0. The van der Waals surface area contributed by atoms with Gasteiger partial charge in [-0.1, -0.05) is 12.1 Å². The number of hydrogen-bond donors (Lipinski definition) is 1. The molecule has 130 valence electrons. The van der Waals surface area contributed by atoms with Gasteiger partial charge < -0.3 is 5.32 Å². The van der Waals surface area contributed by atoms with E-state index in [9.17, 15) is 31.1 Å². The topological polar surface area (TPSA) is 46.9 Å². The summed E-state index contributed by atoms with van der Waals surface area (Å²) in [5.74, 6) is -1.02. The van der Waals surface area contributed by atoms with Gasteiger partial charge in [-0.3, -0.25) is 9.48 Å². The van der Waals surface area contributed by atoms with Crippen LogP contribution >= 0.6 is 0 Å². The Balaban J connectivity index is 2.74. The molecule has 1 N–H and O–H groups in total. The van der Waals surface area contributed by atoms with Crippen molar-refractivity contribution in [1.29, 1.82) is 0 Å². The second kappa shape index (κ2) is 5.84. The van der Waals surface area contributed by atoms with Crippen LogP contribution in [0.15, 0.2) is 24.3 Å². The fraction of sp³-hybridized carbons (Fsp3) is 0.286. The van der Waals surface area contributed by atoms with Gasteiger partial charge in [0.1, 0.15) is 5.82 Å². The first-order chi connectivity index (χ1) is 10.9. The van der Waals surface area contributed by atoms with E-state index in [1.807, 2.05) is 0 Å². The molecule has 0 saturated carbocycles. The molecule has 0 radical (unpaired) electrons. The largest absolute Gasteiger partial charge is 0.435 e. The Labute approximate surface area is 132 Å². The van der Waals surface area contributed by atoms with Crippen LogP contribution in [0.4, 0.5) is 32.2 Å². The first-order valence-corrected chi connectivity index (χ1v) is 6.50. The molecule has 0 aliphatic carbocycles. The van der Waals surface area contributed by atoms with Gasteiger partial charge in [0.15, 0.2) is 5.69 Å². The smallest absolute Gasteiger partial charge is 0.311 e. The quantitative estimate of drug-likeness (QED) is 0.829. The highest BCUT2D eigenvalue weighted by molar-refractivity contribution is 5.93. The van der Waals surface area contributed by atoms with Crippen LogP contribution in [0.3, 0.4) is 0 Å². The van der Waals surface area contributed by atoms with Crippen LogP contribution in [0.5, 0.6) is 0 Å². The van der Waals surface area contributed by atoms with Gasteiger partial charge in [0.05, 0.1) is 11.1 Å². The van der Waals surface area contributed by atoms with Crippen molar-refractivity contribution in [1.82, 2.24) is 9.78 Å². The average molecular weight is 351 g/mol. The summed E-state index contributed by atoms with van der Waals surface area (Å²) in [5, 5.41) is 5.47. The molecule has 10 heteroatoms. The standard InChI is InChI=1S/C14H11F6N3O/c1-7(24)21-12-10(11(14(18,19)20)22-23(12)2)8-4-3-5-9(6-8)13(15,16)17/h3-6H,1-2H3,(H,21,24). The zero-order valence-electron chi connectivity index (χ0n) is 12.4. The van der Waals surface area contributed by atoms with Gasteiger partial charge >= 0.3 is 12.4 Å². The monoisotopic (exact) mass is 351 g/mol. The maximum Gasteiger partial charge on any atom is 0.435 e. The van der Waals surface area contributed by atoms with Gasteiger partial charge in [-0.05, 0) is 17.7 Å². The highest BCUT2D eigenvalue weighted by Gasteiger charge is 2.40. The summed E-state index contributed by atoms with van der Waals surface area (Å²) in [6, 6.07) is 3.40. The molecule has 0 spiro atoms.